The number of alkyl halides is 3. The largest absolute Gasteiger partial charge is 0.494 e. The lowest BCUT2D eigenvalue weighted by Crippen LogP contribution is -2.44. The summed E-state index contributed by atoms with van der Waals surface area (Å²) < 4.78 is 49.9. The highest BCUT2D eigenvalue weighted by molar-refractivity contribution is 6.05. The van der Waals surface area contributed by atoms with E-state index in [0.29, 0.717) is 22.7 Å². The van der Waals surface area contributed by atoms with E-state index in [0.717, 1.165) is 60.7 Å². The number of carbonyl (C=O) groups is 3. The van der Waals surface area contributed by atoms with Crippen molar-refractivity contribution in [2.45, 2.75) is 63.2 Å². The van der Waals surface area contributed by atoms with Gasteiger partial charge in [0.05, 0.1) is 35.4 Å². The van der Waals surface area contributed by atoms with Crippen molar-refractivity contribution in [2.75, 3.05) is 12.4 Å². The number of ether oxygens (including phenoxy) is 1. The maximum Gasteiger partial charge on any atom is 0.433 e. The number of aromatic nitrogens is 5. The topological polar surface area (TPSA) is 142 Å². The summed E-state index contributed by atoms with van der Waals surface area (Å²) in [6.07, 6.45) is 2.02. The molecular formula is C35H34F3N7O5. The number of rotatable bonds is 7. The van der Waals surface area contributed by atoms with E-state index in [4.69, 9.17) is 9.84 Å². The number of halogens is 3. The standard InChI is InChI=1S/C35H34F3N7O5/c1-43-31-20(5-3-7-26(31)45(34(43)49)27-13-14-30(46)41-33(27)48)15-19-9-11-22(12-10-19)44-18-21-16-25(28(50-2)17-24(21)42-44)40-32(47)23-6-4-8-29(39-23)35(36,37)38/h3-8,16-19,22,27H,9-15H2,1-2H3,(H,40,47)(H,41,46,48)/t19-,22-,27?. The molecule has 1 saturated heterocycles. The molecule has 1 atom stereocenters. The molecule has 0 radical (unpaired) electrons. The molecule has 3 aromatic heterocycles. The number of aryl methyl sites for hydroxylation is 1. The van der Waals surface area contributed by atoms with E-state index in [-0.39, 0.29) is 41.9 Å². The molecule has 1 unspecified atom stereocenters. The second kappa shape index (κ2) is 12.8. The number of nitrogens with zero attached hydrogens (tertiary/aromatic N) is 5. The number of imidazole rings is 1. The van der Waals surface area contributed by atoms with Crippen LogP contribution in [0.4, 0.5) is 18.9 Å². The fraction of sp³-hybridized carbons (Fsp3) is 0.371. The molecule has 1 aliphatic heterocycles. The predicted octanol–water partition coefficient (Wildman–Crippen LogP) is 5.32. The molecule has 15 heteroatoms. The highest BCUT2D eigenvalue weighted by atomic mass is 19.4. The maximum absolute atomic E-state index is 13.3. The van der Waals surface area contributed by atoms with E-state index < -0.39 is 29.7 Å². The molecule has 5 aromatic rings. The van der Waals surface area contributed by atoms with Crippen LogP contribution in [-0.2, 0) is 29.2 Å². The van der Waals surface area contributed by atoms with E-state index in [2.05, 4.69) is 15.6 Å². The number of para-hydroxylation sites is 1. The first-order valence-corrected chi connectivity index (χ1v) is 16.4. The number of hydrogen-bond acceptors (Lipinski definition) is 7. The number of piperidine rings is 1. The molecule has 7 rings (SSSR count). The van der Waals surface area contributed by atoms with Gasteiger partial charge in [-0.1, -0.05) is 18.2 Å². The Hall–Kier alpha value is -5.47. The summed E-state index contributed by atoms with van der Waals surface area (Å²) in [5, 5.41) is 10.5. The summed E-state index contributed by atoms with van der Waals surface area (Å²) in [5.41, 5.74) is 1.61. The summed E-state index contributed by atoms with van der Waals surface area (Å²) in [4.78, 5) is 54.0. The zero-order valence-corrected chi connectivity index (χ0v) is 27.3. The van der Waals surface area contributed by atoms with Crippen LogP contribution in [-0.4, -0.2) is 48.7 Å². The highest BCUT2D eigenvalue weighted by Crippen LogP contribution is 2.37. The molecule has 12 nitrogen and oxygen atoms in total. The summed E-state index contributed by atoms with van der Waals surface area (Å²) in [6.45, 7) is 0. The quantitative estimate of drug-likeness (QED) is 0.221. The third kappa shape index (κ3) is 6.11. The van der Waals surface area contributed by atoms with Crippen molar-refractivity contribution in [2.24, 2.45) is 13.0 Å². The van der Waals surface area contributed by atoms with Crippen LogP contribution in [0, 0.1) is 5.92 Å². The van der Waals surface area contributed by atoms with Gasteiger partial charge in [0.1, 0.15) is 23.2 Å². The lowest BCUT2D eigenvalue weighted by molar-refractivity contribution is -0.141. The van der Waals surface area contributed by atoms with Gasteiger partial charge >= 0.3 is 11.9 Å². The van der Waals surface area contributed by atoms with Gasteiger partial charge in [-0.15, -0.1) is 0 Å². The fourth-order valence-corrected chi connectivity index (χ4v) is 7.27. The van der Waals surface area contributed by atoms with Gasteiger partial charge in [-0.05, 0) is 74.3 Å². The smallest absolute Gasteiger partial charge is 0.433 e. The fourth-order valence-electron chi connectivity index (χ4n) is 7.27. The Kier molecular flexibility index (Phi) is 8.44. The van der Waals surface area contributed by atoms with Crippen molar-refractivity contribution in [1.29, 1.82) is 0 Å². The predicted molar refractivity (Wildman–Crippen MR) is 177 cm³/mol. The van der Waals surface area contributed by atoms with Crippen LogP contribution >= 0.6 is 0 Å². The Balaban J connectivity index is 1.05. The van der Waals surface area contributed by atoms with Crippen LogP contribution in [0.5, 0.6) is 5.75 Å². The van der Waals surface area contributed by atoms with Crippen molar-refractivity contribution < 1.29 is 32.3 Å². The maximum atomic E-state index is 13.3. The third-order valence-corrected chi connectivity index (χ3v) is 9.77. The van der Waals surface area contributed by atoms with Gasteiger partial charge in [0.15, 0.2) is 0 Å². The lowest BCUT2D eigenvalue weighted by atomic mass is 9.82. The van der Waals surface area contributed by atoms with E-state index in [9.17, 15) is 32.3 Å². The lowest BCUT2D eigenvalue weighted by Gasteiger charge is -2.29. The van der Waals surface area contributed by atoms with Crippen LogP contribution in [0.1, 0.15) is 72.4 Å². The van der Waals surface area contributed by atoms with Crippen LogP contribution in [0.15, 0.2) is 59.5 Å². The van der Waals surface area contributed by atoms with Gasteiger partial charge in [-0.2, -0.15) is 18.3 Å². The van der Waals surface area contributed by atoms with Crippen LogP contribution < -0.4 is 21.1 Å². The molecule has 260 valence electrons. The minimum atomic E-state index is -4.68. The van der Waals surface area contributed by atoms with Gasteiger partial charge in [-0.3, -0.25) is 33.5 Å². The van der Waals surface area contributed by atoms with Crippen molar-refractivity contribution >= 4 is 45.3 Å². The molecular weight excluding hydrogens is 655 g/mol. The average Bonchev–Trinajstić information content (AvgIpc) is 3.62. The van der Waals surface area contributed by atoms with Gasteiger partial charge in [0.2, 0.25) is 11.8 Å². The summed E-state index contributed by atoms with van der Waals surface area (Å²) in [7, 11) is 3.14. The van der Waals surface area contributed by atoms with Gasteiger partial charge < -0.3 is 10.1 Å². The minimum absolute atomic E-state index is 0.130. The molecule has 4 heterocycles. The number of carbonyl (C=O) groups excluding carboxylic acids is 3. The van der Waals surface area contributed by atoms with Crippen LogP contribution in [0.3, 0.4) is 0 Å². The number of amides is 3. The Morgan fingerprint density at radius 2 is 1.80 bits per heavy atom. The monoisotopic (exact) mass is 689 g/mol. The number of methoxy groups -OCH3 is 1. The van der Waals surface area contributed by atoms with Gasteiger partial charge in [0.25, 0.3) is 5.91 Å². The first-order chi connectivity index (χ1) is 23.9. The van der Waals surface area contributed by atoms with E-state index in [1.165, 1.54) is 17.7 Å². The molecule has 1 aliphatic carbocycles. The SMILES string of the molecule is COc1cc2nn([C@H]3CC[C@H](Cc4cccc5c4n(C)c(=O)n5C4CCC(=O)NC4=O)CC3)cc2cc1NC(=O)c1cccc(C(F)(F)F)n1. The van der Waals surface area contributed by atoms with Crippen molar-refractivity contribution in [3.63, 3.8) is 0 Å². The second-order valence-electron chi connectivity index (χ2n) is 12.9. The summed E-state index contributed by atoms with van der Waals surface area (Å²) >= 11 is 0. The average molecular weight is 690 g/mol. The Labute approximate surface area is 283 Å². The number of pyridine rings is 1. The molecule has 2 fully saturated rings. The molecule has 2 N–H and O–H groups in total. The Morgan fingerprint density at radius 3 is 2.52 bits per heavy atom. The van der Waals surface area contributed by atoms with E-state index in [1.54, 1.807) is 23.7 Å². The summed E-state index contributed by atoms with van der Waals surface area (Å²) in [5.74, 6) is -0.924. The molecule has 50 heavy (non-hydrogen) atoms. The number of imide groups is 1. The first-order valence-electron chi connectivity index (χ1n) is 16.4. The second-order valence-corrected chi connectivity index (χ2v) is 12.9. The number of fused-ring (bicyclic) bond motifs is 2. The molecule has 0 spiro atoms. The number of anilines is 1. The van der Waals surface area contributed by atoms with Crippen molar-refractivity contribution in [3.8, 4) is 5.75 Å². The molecule has 2 aromatic carbocycles. The van der Waals surface area contributed by atoms with E-state index in [1.807, 2.05) is 29.1 Å². The first kappa shape index (κ1) is 33.0. The molecule has 2 aliphatic rings. The number of benzene rings is 2. The normalized spacial score (nSPS) is 19.9. The third-order valence-electron chi connectivity index (χ3n) is 9.77. The van der Waals surface area contributed by atoms with E-state index >= 15 is 0 Å². The van der Waals surface area contributed by atoms with Crippen LogP contribution in [0.2, 0.25) is 0 Å². The highest BCUT2D eigenvalue weighted by Gasteiger charge is 2.34. The number of hydrogen-bond donors (Lipinski definition) is 2. The Morgan fingerprint density at radius 1 is 1.04 bits per heavy atom. The van der Waals surface area contributed by atoms with Crippen LogP contribution in [0.25, 0.3) is 21.9 Å². The summed E-state index contributed by atoms with van der Waals surface area (Å²) in [6, 6.07) is 11.7. The molecule has 3 amide bonds. The molecule has 0 bridgehead atoms. The zero-order valence-electron chi connectivity index (χ0n) is 27.3. The Bertz CT molecular complexity index is 2210. The van der Waals surface area contributed by atoms with Gasteiger partial charge in [-0.25, -0.2) is 9.78 Å². The molecule has 1 saturated carbocycles. The zero-order chi connectivity index (χ0) is 35.3. The van der Waals surface area contributed by atoms with Crippen molar-refractivity contribution in [1.82, 2.24) is 29.2 Å². The number of nitrogens with one attached hydrogen (secondary N) is 2. The minimum Gasteiger partial charge on any atom is -0.494 e. The van der Waals surface area contributed by atoms with Crippen molar-refractivity contribution in [3.05, 3.63) is 82.2 Å². The van der Waals surface area contributed by atoms with Gasteiger partial charge in [0, 0.05) is 31.1 Å².